The Labute approximate surface area is 92.5 Å². The smallest absolute Gasteiger partial charge is 0.320 e. The van der Waals surface area contributed by atoms with Crippen LogP contribution in [0, 0.1) is 0 Å². The molecule has 0 unspecified atom stereocenters. The fourth-order valence-electron chi connectivity index (χ4n) is 1.41. The van der Waals surface area contributed by atoms with E-state index in [0.29, 0.717) is 11.1 Å². The third-order valence-corrected chi connectivity index (χ3v) is 2.28. The van der Waals surface area contributed by atoms with Crippen molar-refractivity contribution in [1.82, 2.24) is 0 Å². The Morgan fingerprint density at radius 2 is 2.19 bits per heavy atom. The standard InChI is InChI=1S/C11H14FNO3/c12-4-3-8-5-7(1-2-10(8)14)6-9(13)11(15)16/h1-2,5,9,14H,3-4,6,13H2,(H,15,16)/t9-/m0/s1. The number of phenols is 1. The lowest BCUT2D eigenvalue weighted by atomic mass is 10.0. The average Bonchev–Trinajstić information content (AvgIpc) is 2.23. The average molecular weight is 227 g/mol. The molecule has 16 heavy (non-hydrogen) atoms. The molecule has 0 aliphatic heterocycles. The first-order valence-electron chi connectivity index (χ1n) is 4.89. The van der Waals surface area contributed by atoms with E-state index in [4.69, 9.17) is 10.8 Å². The summed E-state index contributed by atoms with van der Waals surface area (Å²) in [6, 6.07) is 3.61. The monoisotopic (exact) mass is 227 g/mol. The molecule has 1 aromatic rings. The van der Waals surface area contributed by atoms with Crippen molar-refractivity contribution < 1.29 is 19.4 Å². The van der Waals surface area contributed by atoms with Crippen LogP contribution in [-0.2, 0) is 17.6 Å². The molecule has 4 nitrogen and oxygen atoms in total. The van der Waals surface area contributed by atoms with Gasteiger partial charge in [-0.25, -0.2) is 0 Å². The van der Waals surface area contributed by atoms with Crippen LogP contribution < -0.4 is 5.73 Å². The van der Waals surface area contributed by atoms with E-state index >= 15 is 0 Å². The van der Waals surface area contributed by atoms with E-state index in [-0.39, 0.29) is 18.6 Å². The van der Waals surface area contributed by atoms with Crippen molar-refractivity contribution in [3.8, 4) is 5.75 Å². The Morgan fingerprint density at radius 1 is 1.50 bits per heavy atom. The van der Waals surface area contributed by atoms with E-state index in [9.17, 15) is 14.3 Å². The van der Waals surface area contributed by atoms with Gasteiger partial charge in [0.25, 0.3) is 0 Å². The largest absolute Gasteiger partial charge is 0.508 e. The van der Waals surface area contributed by atoms with Gasteiger partial charge in [-0.2, -0.15) is 0 Å². The van der Waals surface area contributed by atoms with Gasteiger partial charge in [0.05, 0.1) is 6.67 Å². The number of halogens is 1. The minimum absolute atomic E-state index is 0.0188. The van der Waals surface area contributed by atoms with E-state index in [1.807, 2.05) is 0 Å². The molecular weight excluding hydrogens is 213 g/mol. The molecule has 0 radical (unpaired) electrons. The van der Waals surface area contributed by atoms with Gasteiger partial charge >= 0.3 is 5.97 Å². The minimum atomic E-state index is -1.08. The van der Waals surface area contributed by atoms with Crippen LogP contribution in [0.1, 0.15) is 11.1 Å². The molecule has 0 saturated carbocycles. The number of aryl methyl sites for hydroxylation is 1. The number of rotatable bonds is 5. The number of benzene rings is 1. The lowest BCUT2D eigenvalue weighted by molar-refractivity contribution is -0.138. The number of aromatic hydroxyl groups is 1. The van der Waals surface area contributed by atoms with Gasteiger partial charge in [-0.3, -0.25) is 9.18 Å². The van der Waals surface area contributed by atoms with Gasteiger partial charge in [0, 0.05) is 6.42 Å². The molecule has 0 spiro atoms. The highest BCUT2D eigenvalue weighted by molar-refractivity contribution is 5.73. The molecule has 0 aromatic heterocycles. The predicted molar refractivity (Wildman–Crippen MR) is 57.1 cm³/mol. The van der Waals surface area contributed by atoms with Crippen LogP contribution in [0.15, 0.2) is 18.2 Å². The number of alkyl halides is 1. The molecule has 1 rings (SSSR count). The third kappa shape index (κ3) is 3.20. The van der Waals surface area contributed by atoms with Crippen molar-refractivity contribution in [3.05, 3.63) is 29.3 Å². The highest BCUT2D eigenvalue weighted by Crippen LogP contribution is 2.19. The first kappa shape index (κ1) is 12.4. The quantitative estimate of drug-likeness (QED) is 0.696. The van der Waals surface area contributed by atoms with E-state index in [1.165, 1.54) is 6.07 Å². The lowest BCUT2D eigenvalue weighted by Gasteiger charge is -2.09. The van der Waals surface area contributed by atoms with Crippen molar-refractivity contribution in [2.45, 2.75) is 18.9 Å². The molecule has 0 aliphatic carbocycles. The summed E-state index contributed by atoms with van der Waals surface area (Å²) in [5.74, 6) is -1.06. The van der Waals surface area contributed by atoms with Gasteiger partial charge in [-0.1, -0.05) is 12.1 Å². The fourth-order valence-corrected chi connectivity index (χ4v) is 1.41. The number of carboxylic acids is 1. The maximum Gasteiger partial charge on any atom is 0.320 e. The maximum atomic E-state index is 12.2. The van der Waals surface area contributed by atoms with Gasteiger partial charge in [0.1, 0.15) is 11.8 Å². The van der Waals surface area contributed by atoms with E-state index in [1.54, 1.807) is 12.1 Å². The summed E-state index contributed by atoms with van der Waals surface area (Å²) in [4.78, 5) is 10.5. The number of hydrogen-bond donors (Lipinski definition) is 3. The minimum Gasteiger partial charge on any atom is -0.508 e. The Kier molecular flexibility index (Phi) is 4.25. The summed E-state index contributed by atoms with van der Waals surface area (Å²) in [6.07, 6.45) is 0.275. The van der Waals surface area contributed by atoms with E-state index in [0.717, 1.165) is 0 Å². The molecule has 0 heterocycles. The maximum absolute atomic E-state index is 12.2. The van der Waals surface area contributed by atoms with Crippen LogP contribution in [0.2, 0.25) is 0 Å². The van der Waals surface area contributed by atoms with Gasteiger partial charge < -0.3 is 15.9 Å². The zero-order valence-corrected chi connectivity index (χ0v) is 8.69. The third-order valence-electron chi connectivity index (χ3n) is 2.28. The molecule has 0 amide bonds. The summed E-state index contributed by atoms with van der Waals surface area (Å²) >= 11 is 0. The van der Waals surface area contributed by atoms with Gasteiger partial charge in [-0.15, -0.1) is 0 Å². The topological polar surface area (TPSA) is 83.5 Å². The second-order valence-electron chi connectivity index (χ2n) is 3.55. The first-order chi connectivity index (χ1) is 7.54. The van der Waals surface area contributed by atoms with Crippen LogP contribution in [0.5, 0.6) is 5.75 Å². The van der Waals surface area contributed by atoms with E-state index < -0.39 is 18.7 Å². The molecule has 5 heteroatoms. The Morgan fingerprint density at radius 3 is 2.75 bits per heavy atom. The molecule has 0 fully saturated rings. The summed E-state index contributed by atoms with van der Waals surface area (Å²) in [7, 11) is 0. The number of hydrogen-bond acceptors (Lipinski definition) is 3. The van der Waals surface area contributed by atoms with E-state index in [2.05, 4.69) is 0 Å². The summed E-state index contributed by atoms with van der Waals surface area (Å²) in [6.45, 7) is -0.567. The van der Waals surface area contributed by atoms with Crippen LogP contribution in [0.3, 0.4) is 0 Å². The van der Waals surface area contributed by atoms with Crippen LogP contribution in [0.25, 0.3) is 0 Å². The summed E-state index contributed by atoms with van der Waals surface area (Å²) in [5, 5.41) is 18.0. The second kappa shape index (κ2) is 5.46. The SMILES string of the molecule is N[C@@H](Cc1ccc(O)c(CCF)c1)C(=O)O. The predicted octanol–water partition coefficient (Wildman–Crippen LogP) is 0.859. The molecule has 1 aromatic carbocycles. The van der Waals surface area contributed by atoms with Crippen molar-refractivity contribution in [2.24, 2.45) is 5.73 Å². The molecule has 0 aliphatic rings. The lowest BCUT2D eigenvalue weighted by Crippen LogP contribution is -2.32. The zero-order valence-electron chi connectivity index (χ0n) is 8.69. The molecule has 88 valence electrons. The Bertz CT molecular complexity index is 381. The van der Waals surface area contributed by atoms with Crippen molar-refractivity contribution in [1.29, 1.82) is 0 Å². The normalized spacial score (nSPS) is 12.4. The van der Waals surface area contributed by atoms with Gasteiger partial charge in [-0.05, 0) is 23.6 Å². The number of carbonyl (C=O) groups is 1. The number of aliphatic carboxylic acids is 1. The van der Waals surface area contributed by atoms with Crippen LogP contribution in [-0.4, -0.2) is 28.9 Å². The number of phenolic OH excluding ortho intramolecular Hbond substituents is 1. The van der Waals surface area contributed by atoms with Crippen molar-refractivity contribution >= 4 is 5.97 Å². The number of carboxylic acid groups (broad SMARTS) is 1. The molecule has 0 bridgehead atoms. The summed E-state index contributed by atoms with van der Waals surface area (Å²) in [5.41, 5.74) is 6.52. The van der Waals surface area contributed by atoms with Crippen LogP contribution >= 0.6 is 0 Å². The molecule has 4 N–H and O–H groups in total. The van der Waals surface area contributed by atoms with Crippen molar-refractivity contribution in [3.63, 3.8) is 0 Å². The Balaban J connectivity index is 2.82. The van der Waals surface area contributed by atoms with Gasteiger partial charge in [0.15, 0.2) is 0 Å². The van der Waals surface area contributed by atoms with Crippen molar-refractivity contribution in [2.75, 3.05) is 6.67 Å². The van der Waals surface area contributed by atoms with Crippen LogP contribution in [0.4, 0.5) is 4.39 Å². The first-order valence-corrected chi connectivity index (χ1v) is 4.89. The highest BCUT2D eigenvalue weighted by Gasteiger charge is 2.13. The second-order valence-corrected chi connectivity index (χ2v) is 3.55. The molecule has 1 atom stereocenters. The highest BCUT2D eigenvalue weighted by atomic mass is 19.1. The molecule has 0 saturated heterocycles. The zero-order chi connectivity index (χ0) is 12.1. The summed E-state index contributed by atoms with van der Waals surface area (Å²) < 4.78 is 12.2. The number of nitrogens with two attached hydrogens (primary N) is 1. The molecular formula is C11H14FNO3. The fraction of sp³-hybridized carbons (Fsp3) is 0.364. The van der Waals surface area contributed by atoms with Gasteiger partial charge in [0.2, 0.25) is 0 Å². The Hall–Kier alpha value is -1.62.